The Kier molecular flexibility index (Phi) is 5.98. The van der Waals surface area contributed by atoms with Gasteiger partial charge in [-0.2, -0.15) is 0 Å². The first-order chi connectivity index (χ1) is 6.11. The molecule has 0 aromatic heterocycles. The van der Waals surface area contributed by atoms with Gasteiger partial charge in [0.25, 0.3) is 0 Å². The van der Waals surface area contributed by atoms with Crippen molar-refractivity contribution in [1.29, 1.82) is 0 Å². The Morgan fingerprint density at radius 3 is 2.62 bits per heavy atom. The molecule has 0 heterocycles. The first kappa shape index (κ1) is 12.0. The SMILES string of the molecule is C=C/C(C)=C\C(=C)N(C)CCNC. The first-order valence-corrected chi connectivity index (χ1v) is 4.47. The van der Waals surface area contributed by atoms with Crippen molar-refractivity contribution in [2.24, 2.45) is 0 Å². The number of hydrogen-bond acceptors (Lipinski definition) is 2. The summed E-state index contributed by atoms with van der Waals surface area (Å²) in [5.74, 6) is 0. The average molecular weight is 180 g/mol. The third kappa shape index (κ3) is 5.26. The molecule has 0 amide bonds. The molecule has 74 valence electrons. The molecule has 1 N–H and O–H groups in total. The zero-order chi connectivity index (χ0) is 10.3. The molecule has 2 nitrogen and oxygen atoms in total. The van der Waals surface area contributed by atoms with E-state index in [0.717, 1.165) is 24.4 Å². The van der Waals surface area contributed by atoms with Gasteiger partial charge in [0, 0.05) is 25.8 Å². The van der Waals surface area contributed by atoms with Crippen LogP contribution in [0, 0.1) is 0 Å². The molecular formula is C11H20N2. The quantitative estimate of drug-likeness (QED) is 0.627. The van der Waals surface area contributed by atoms with Crippen LogP contribution in [0.4, 0.5) is 0 Å². The molecule has 0 aliphatic rings. The molecule has 0 saturated heterocycles. The predicted octanol–water partition coefficient (Wildman–Crippen LogP) is 1.78. The molecule has 0 unspecified atom stereocenters. The number of nitrogens with zero attached hydrogens (tertiary/aromatic N) is 1. The topological polar surface area (TPSA) is 15.3 Å². The van der Waals surface area contributed by atoms with E-state index in [2.05, 4.69) is 23.4 Å². The van der Waals surface area contributed by atoms with Crippen LogP contribution in [0.25, 0.3) is 0 Å². The minimum absolute atomic E-state index is 0.969. The number of hydrogen-bond donors (Lipinski definition) is 1. The lowest BCUT2D eigenvalue weighted by Crippen LogP contribution is -2.25. The second-order valence-electron chi connectivity index (χ2n) is 3.11. The first-order valence-electron chi connectivity index (χ1n) is 4.47. The summed E-state index contributed by atoms with van der Waals surface area (Å²) >= 11 is 0. The van der Waals surface area contributed by atoms with Crippen LogP contribution in [0.3, 0.4) is 0 Å². The van der Waals surface area contributed by atoms with E-state index in [1.165, 1.54) is 0 Å². The molecule has 0 aromatic rings. The normalized spacial score (nSPS) is 11.2. The molecule has 0 fully saturated rings. The lowest BCUT2D eigenvalue weighted by molar-refractivity contribution is 0.428. The Labute approximate surface area is 81.6 Å². The van der Waals surface area contributed by atoms with E-state index in [0.29, 0.717) is 0 Å². The Hall–Kier alpha value is -1.02. The lowest BCUT2D eigenvalue weighted by atomic mass is 10.2. The van der Waals surface area contributed by atoms with Gasteiger partial charge in [-0.25, -0.2) is 0 Å². The minimum atomic E-state index is 0.969. The van der Waals surface area contributed by atoms with Gasteiger partial charge in [0.2, 0.25) is 0 Å². The Balaban J connectivity index is 4.03. The number of rotatable bonds is 6. The van der Waals surface area contributed by atoms with Crippen molar-refractivity contribution in [3.63, 3.8) is 0 Å². The molecular weight excluding hydrogens is 160 g/mol. The maximum Gasteiger partial charge on any atom is 0.0299 e. The average Bonchev–Trinajstić information content (AvgIpc) is 2.13. The highest BCUT2D eigenvalue weighted by molar-refractivity contribution is 5.24. The highest BCUT2D eigenvalue weighted by atomic mass is 15.1. The van der Waals surface area contributed by atoms with Crippen LogP contribution in [-0.2, 0) is 0 Å². The summed E-state index contributed by atoms with van der Waals surface area (Å²) in [6.07, 6.45) is 3.86. The second-order valence-corrected chi connectivity index (χ2v) is 3.11. The van der Waals surface area contributed by atoms with Gasteiger partial charge in [-0.05, 0) is 25.6 Å². The zero-order valence-corrected chi connectivity index (χ0v) is 8.93. The molecule has 0 radical (unpaired) electrons. The number of nitrogens with one attached hydrogen (secondary N) is 1. The summed E-state index contributed by atoms with van der Waals surface area (Å²) in [6.45, 7) is 11.6. The Morgan fingerprint density at radius 1 is 1.54 bits per heavy atom. The van der Waals surface area contributed by atoms with Crippen molar-refractivity contribution < 1.29 is 0 Å². The molecule has 0 bridgehead atoms. The summed E-state index contributed by atoms with van der Waals surface area (Å²) in [4.78, 5) is 2.11. The van der Waals surface area contributed by atoms with Crippen molar-refractivity contribution in [1.82, 2.24) is 10.2 Å². The van der Waals surface area contributed by atoms with E-state index in [9.17, 15) is 0 Å². The fourth-order valence-corrected chi connectivity index (χ4v) is 0.855. The Bertz CT molecular complexity index is 204. The van der Waals surface area contributed by atoms with Crippen LogP contribution in [-0.4, -0.2) is 32.1 Å². The van der Waals surface area contributed by atoms with Crippen molar-refractivity contribution in [3.8, 4) is 0 Å². The van der Waals surface area contributed by atoms with Gasteiger partial charge in [0.05, 0.1) is 0 Å². The maximum absolute atomic E-state index is 3.97. The van der Waals surface area contributed by atoms with E-state index in [-0.39, 0.29) is 0 Å². The monoisotopic (exact) mass is 180 g/mol. The largest absolute Gasteiger partial charge is 0.374 e. The van der Waals surface area contributed by atoms with E-state index in [1.807, 2.05) is 33.2 Å². The summed E-state index contributed by atoms with van der Waals surface area (Å²) in [5, 5.41) is 3.10. The predicted molar refractivity (Wildman–Crippen MR) is 59.7 cm³/mol. The van der Waals surface area contributed by atoms with Crippen molar-refractivity contribution in [3.05, 3.63) is 36.6 Å². The van der Waals surface area contributed by atoms with E-state index in [1.54, 1.807) is 0 Å². The lowest BCUT2D eigenvalue weighted by Gasteiger charge is -2.19. The van der Waals surface area contributed by atoms with Crippen molar-refractivity contribution in [2.45, 2.75) is 6.92 Å². The van der Waals surface area contributed by atoms with Gasteiger partial charge < -0.3 is 10.2 Å². The highest BCUT2D eigenvalue weighted by Crippen LogP contribution is 2.04. The molecule has 0 aromatic carbocycles. The molecule has 0 saturated carbocycles. The highest BCUT2D eigenvalue weighted by Gasteiger charge is 1.97. The standard InChI is InChI=1S/C11H20N2/c1-6-10(2)9-11(3)13(5)8-7-12-4/h6,9,12H,1,3,7-8H2,2,4-5H3/b10-9-. The van der Waals surface area contributed by atoms with Gasteiger partial charge in [0.1, 0.15) is 0 Å². The smallest absolute Gasteiger partial charge is 0.0299 e. The van der Waals surface area contributed by atoms with Crippen LogP contribution in [0.1, 0.15) is 6.92 Å². The van der Waals surface area contributed by atoms with Crippen molar-refractivity contribution in [2.75, 3.05) is 27.2 Å². The molecule has 0 aliphatic carbocycles. The summed E-state index contributed by atoms with van der Waals surface area (Å²) in [6, 6.07) is 0. The van der Waals surface area contributed by atoms with E-state index in [4.69, 9.17) is 0 Å². The van der Waals surface area contributed by atoms with Crippen molar-refractivity contribution >= 4 is 0 Å². The fourth-order valence-electron chi connectivity index (χ4n) is 0.855. The van der Waals surface area contributed by atoms with Gasteiger partial charge in [-0.1, -0.05) is 19.2 Å². The van der Waals surface area contributed by atoms with Crippen LogP contribution in [0.5, 0.6) is 0 Å². The van der Waals surface area contributed by atoms with Crippen LogP contribution >= 0.6 is 0 Å². The molecule has 0 spiro atoms. The molecule has 0 rings (SSSR count). The summed E-state index contributed by atoms with van der Waals surface area (Å²) < 4.78 is 0. The minimum Gasteiger partial charge on any atom is -0.374 e. The van der Waals surface area contributed by atoms with E-state index < -0.39 is 0 Å². The molecule has 0 atom stereocenters. The Morgan fingerprint density at radius 2 is 2.15 bits per heavy atom. The molecule has 0 aliphatic heterocycles. The van der Waals surface area contributed by atoms with Crippen LogP contribution in [0.15, 0.2) is 36.6 Å². The third-order valence-corrected chi connectivity index (χ3v) is 1.90. The van der Waals surface area contributed by atoms with Gasteiger partial charge in [-0.3, -0.25) is 0 Å². The number of likely N-dealkylation sites (N-methyl/N-ethyl adjacent to an activating group) is 2. The molecule has 13 heavy (non-hydrogen) atoms. The summed E-state index contributed by atoms with van der Waals surface area (Å²) in [7, 11) is 3.98. The summed E-state index contributed by atoms with van der Waals surface area (Å²) in [5.41, 5.74) is 2.16. The van der Waals surface area contributed by atoms with Crippen LogP contribution < -0.4 is 5.32 Å². The zero-order valence-electron chi connectivity index (χ0n) is 8.93. The van der Waals surface area contributed by atoms with E-state index >= 15 is 0 Å². The second kappa shape index (κ2) is 6.49. The maximum atomic E-state index is 3.97. The van der Waals surface area contributed by atoms with Crippen LogP contribution in [0.2, 0.25) is 0 Å². The fraction of sp³-hybridized carbons (Fsp3) is 0.455. The van der Waals surface area contributed by atoms with Gasteiger partial charge in [-0.15, -0.1) is 0 Å². The molecule has 2 heteroatoms. The van der Waals surface area contributed by atoms with Gasteiger partial charge in [0.15, 0.2) is 0 Å². The van der Waals surface area contributed by atoms with Gasteiger partial charge >= 0.3 is 0 Å². The number of allylic oxidation sites excluding steroid dienone is 3. The third-order valence-electron chi connectivity index (χ3n) is 1.90.